The van der Waals surface area contributed by atoms with Crippen molar-refractivity contribution in [3.05, 3.63) is 41.5 Å². The fourth-order valence-electron chi connectivity index (χ4n) is 2.22. The quantitative estimate of drug-likeness (QED) is 0.458. The van der Waals surface area contributed by atoms with Gasteiger partial charge in [0.05, 0.1) is 14.2 Å². The van der Waals surface area contributed by atoms with E-state index in [1.165, 1.54) is 21.1 Å². The molecule has 22 heavy (non-hydrogen) atoms. The first-order valence-electron chi connectivity index (χ1n) is 6.85. The number of hydrogen-bond acceptors (Lipinski definition) is 5. The van der Waals surface area contributed by atoms with Crippen molar-refractivity contribution in [3.63, 3.8) is 0 Å². The van der Waals surface area contributed by atoms with E-state index < -0.39 is 23.8 Å². The van der Waals surface area contributed by atoms with Gasteiger partial charge in [-0.2, -0.15) is 0 Å². The molecule has 0 amide bonds. The number of benzene rings is 1. The van der Waals surface area contributed by atoms with E-state index in [2.05, 4.69) is 9.47 Å². The third kappa shape index (κ3) is 4.28. The Bertz CT molecular complexity index is 558. The molecule has 1 rings (SSSR count). The van der Waals surface area contributed by atoms with Crippen LogP contribution in [-0.4, -0.2) is 31.9 Å². The summed E-state index contributed by atoms with van der Waals surface area (Å²) in [6, 6.07) is 9.21. The average molecular weight is 304 g/mol. The molecule has 118 valence electrons. The molecule has 0 saturated heterocycles. The number of carbonyl (C=O) groups is 3. The molecule has 0 aliphatic rings. The Morgan fingerprint density at radius 3 is 1.91 bits per heavy atom. The zero-order valence-electron chi connectivity index (χ0n) is 13.2. The van der Waals surface area contributed by atoms with Gasteiger partial charge in [-0.15, -0.1) is 0 Å². The van der Waals surface area contributed by atoms with Crippen LogP contribution in [0.4, 0.5) is 0 Å². The van der Waals surface area contributed by atoms with Crippen LogP contribution in [0.3, 0.4) is 0 Å². The molecule has 0 heterocycles. The Morgan fingerprint density at radius 1 is 1.00 bits per heavy atom. The summed E-state index contributed by atoms with van der Waals surface area (Å²) < 4.78 is 9.32. The van der Waals surface area contributed by atoms with Crippen LogP contribution in [0.2, 0.25) is 0 Å². The molecule has 0 fully saturated rings. The maximum atomic E-state index is 11.9. The highest BCUT2D eigenvalue weighted by atomic mass is 16.5. The smallest absolute Gasteiger partial charge is 0.320 e. The maximum Gasteiger partial charge on any atom is 0.320 e. The number of ketones is 1. The lowest BCUT2D eigenvalue weighted by atomic mass is 9.84. The summed E-state index contributed by atoms with van der Waals surface area (Å²) in [6.07, 6.45) is 1.67. The summed E-state index contributed by atoms with van der Waals surface area (Å²) in [5.74, 6) is -3.49. The van der Waals surface area contributed by atoms with Gasteiger partial charge in [0.15, 0.2) is 11.7 Å². The van der Waals surface area contributed by atoms with Crippen molar-refractivity contribution >= 4 is 23.8 Å². The average Bonchev–Trinajstić information content (AvgIpc) is 2.52. The molecule has 1 aromatic rings. The maximum absolute atomic E-state index is 11.9. The van der Waals surface area contributed by atoms with Crippen LogP contribution < -0.4 is 0 Å². The molecular formula is C17H20O5. The van der Waals surface area contributed by atoms with E-state index >= 15 is 0 Å². The molecule has 0 aliphatic heterocycles. The number of methoxy groups -OCH3 is 2. The van der Waals surface area contributed by atoms with Crippen molar-refractivity contribution in [2.24, 2.45) is 11.8 Å². The van der Waals surface area contributed by atoms with Crippen molar-refractivity contribution in [3.8, 4) is 0 Å². The fourth-order valence-corrected chi connectivity index (χ4v) is 2.22. The Kier molecular flexibility index (Phi) is 6.50. The summed E-state index contributed by atoms with van der Waals surface area (Å²) in [5, 5.41) is 0. The van der Waals surface area contributed by atoms with E-state index in [4.69, 9.17) is 0 Å². The van der Waals surface area contributed by atoms with Gasteiger partial charge in [0.1, 0.15) is 0 Å². The molecule has 1 unspecified atom stereocenters. The molecular weight excluding hydrogens is 284 g/mol. The van der Waals surface area contributed by atoms with Gasteiger partial charge >= 0.3 is 11.9 Å². The molecule has 0 bridgehead atoms. The zero-order chi connectivity index (χ0) is 16.7. The predicted octanol–water partition coefficient (Wildman–Crippen LogP) is 2.26. The molecule has 0 radical (unpaired) electrons. The molecule has 5 nitrogen and oxygen atoms in total. The van der Waals surface area contributed by atoms with Crippen LogP contribution in [0.1, 0.15) is 19.4 Å². The number of carbonyl (C=O) groups excluding carboxylic acids is 3. The van der Waals surface area contributed by atoms with Gasteiger partial charge < -0.3 is 9.47 Å². The predicted molar refractivity (Wildman–Crippen MR) is 81.8 cm³/mol. The van der Waals surface area contributed by atoms with Crippen LogP contribution in [0.25, 0.3) is 6.08 Å². The number of esters is 2. The number of hydrogen-bond donors (Lipinski definition) is 0. The number of ether oxygens (including phenoxy) is 2. The van der Waals surface area contributed by atoms with E-state index in [9.17, 15) is 14.4 Å². The van der Waals surface area contributed by atoms with Gasteiger partial charge in [0, 0.05) is 5.92 Å². The third-order valence-electron chi connectivity index (χ3n) is 3.43. The SMILES string of the molecule is COC(=O)C(C(=O)OC)C(C)/C(=C/c1ccccc1)C(C)=O. The lowest BCUT2D eigenvalue weighted by molar-refractivity contribution is -0.160. The molecule has 0 aliphatic carbocycles. The number of allylic oxidation sites excluding steroid dienone is 1. The van der Waals surface area contributed by atoms with Crippen LogP contribution >= 0.6 is 0 Å². The second kappa shape index (κ2) is 8.12. The van der Waals surface area contributed by atoms with E-state index in [1.807, 2.05) is 30.3 Å². The molecule has 0 N–H and O–H groups in total. The van der Waals surface area contributed by atoms with E-state index in [0.29, 0.717) is 5.57 Å². The Morgan fingerprint density at radius 2 is 1.50 bits per heavy atom. The van der Waals surface area contributed by atoms with E-state index in [0.717, 1.165) is 5.56 Å². The number of Topliss-reactive ketones (excluding diaryl/α,β-unsaturated/α-hetero) is 1. The Balaban J connectivity index is 3.24. The van der Waals surface area contributed by atoms with Gasteiger partial charge in [0.2, 0.25) is 0 Å². The largest absolute Gasteiger partial charge is 0.468 e. The number of rotatable bonds is 6. The first-order chi connectivity index (χ1) is 10.4. The first kappa shape index (κ1) is 17.6. The monoisotopic (exact) mass is 304 g/mol. The zero-order valence-corrected chi connectivity index (χ0v) is 13.2. The lowest BCUT2D eigenvalue weighted by Crippen LogP contribution is -2.34. The summed E-state index contributed by atoms with van der Waals surface area (Å²) in [5.41, 5.74) is 1.18. The minimum absolute atomic E-state index is 0.214. The van der Waals surface area contributed by atoms with Crippen LogP contribution in [0.15, 0.2) is 35.9 Å². The molecule has 0 aromatic heterocycles. The highest BCUT2D eigenvalue weighted by Gasteiger charge is 2.37. The highest BCUT2D eigenvalue weighted by molar-refractivity contribution is 6.02. The minimum Gasteiger partial charge on any atom is -0.468 e. The standard InChI is InChI=1S/C17H20O5/c1-11(15(16(19)21-3)17(20)22-4)14(12(2)18)10-13-8-6-5-7-9-13/h5-11,15H,1-4H3/b14-10-. The lowest BCUT2D eigenvalue weighted by Gasteiger charge is -2.21. The van der Waals surface area contributed by atoms with Crippen LogP contribution in [-0.2, 0) is 23.9 Å². The van der Waals surface area contributed by atoms with Gasteiger partial charge in [-0.3, -0.25) is 14.4 Å². The van der Waals surface area contributed by atoms with Gasteiger partial charge in [-0.25, -0.2) is 0 Å². The summed E-state index contributed by atoms with van der Waals surface area (Å²) in [6.45, 7) is 3.03. The molecule has 5 heteroatoms. The van der Waals surface area contributed by atoms with Crippen LogP contribution in [0.5, 0.6) is 0 Å². The Hall–Kier alpha value is -2.43. The van der Waals surface area contributed by atoms with Gasteiger partial charge in [-0.05, 0) is 24.1 Å². The van der Waals surface area contributed by atoms with Crippen molar-refractivity contribution in [2.45, 2.75) is 13.8 Å². The third-order valence-corrected chi connectivity index (χ3v) is 3.43. The van der Waals surface area contributed by atoms with Crippen molar-refractivity contribution in [1.82, 2.24) is 0 Å². The summed E-state index contributed by atoms with van der Waals surface area (Å²) in [4.78, 5) is 35.7. The minimum atomic E-state index is -1.17. The summed E-state index contributed by atoms with van der Waals surface area (Å²) in [7, 11) is 2.39. The van der Waals surface area contributed by atoms with Crippen molar-refractivity contribution in [1.29, 1.82) is 0 Å². The van der Waals surface area contributed by atoms with Gasteiger partial charge in [-0.1, -0.05) is 37.3 Å². The van der Waals surface area contributed by atoms with E-state index in [-0.39, 0.29) is 5.78 Å². The summed E-state index contributed by atoms with van der Waals surface area (Å²) >= 11 is 0. The van der Waals surface area contributed by atoms with E-state index in [1.54, 1.807) is 13.0 Å². The molecule has 1 atom stereocenters. The second-order valence-corrected chi connectivity index (χ2v) is 4.88. The first-order valence-corrected chi connectivity index (χ1v) is 6.85. The van der Waals surface area contributed by atoms with Crippen LogP contribution in [0, 0.1) is 11.8 Å². The van der Waals surface area contributed by atoms with Crippen molar-refractivity contribution in [2.75, 3.05) is 14.2 Å². The second-order valence-electron chi connectivity index (χ2n) is 4.88. The topological polar surface area (TPSA) is 69.7 Å². The van der Waals surface area contributed by atoms with Gasteiger partial charge in [0.25, 0.3) is 0 Å². The highest BCUT2D eigenvalue weighted by Crippen LogP contribution is 2.26. The fraction of sp³-hybridized carbons (Fsp3) is 0.353. The normalized spacial score (nSPS) is 12.7. The Labute approximate surface area is 129 Å². The molecule has 0 spiro atoms. The van der Waals surface area contributed by atoms with Crippen molar-refractivity contribution < 1.29 is 23.9 Å². The molecule has 1 aromatic carbocycles. The molecule has 0 saturated carbocycles.